The lowest BCUT2D eigenvalue weighted by Gasteiger charge is -2.36. The van der Waals surface area contributed by atoms with E-state index in [4.69, 9.17) is 14.2 Å². The van der Waals surface area contributed by atoms with Gasteiger partial charge in [-0.05, 0) is 45.4 Å². The molecular weight excluding hydrogens is 336 g/mol. The number of ether oxygens (including phenoxy) is 3. The molecule has 6 heteroatoms. The molecule has 26 heavy (non-hydrogen) atoms. The predicted octanol–water partition coefficient (Wildman–Crippen LogP) is 2.71. The van der Waals surface area contributed by atoms with Crippen molar-refractivity contribution in [2.75, 3.05) is 6.61 Å². The molecule has 0 radical (unpaired) electrons. The molecule has 1 aliphatic carbocycles. The van der Waals surface area contributed by atoms with Crippen LogP contribution >= 0.6 is 0 Å². The van der Waals surface area contributed by atoms with Gasteiger partial charge in [0.25, 0.3) is 0 Å². The maximum absolute atomic E-state index is 11.7. The number of aliphatic hydroxyl groups is 2. The number of carbonyl (C=O) groups is 1. The molecule has 0 amide bonds. The highest BCUT2D eigenvalue weighted by molar-refractivity contribution is 5.81. The van der Waals surface area contributed by atoms with Crippen molar-refractivity contribution in [1.29, 1.82) is 0 Å². The molecule has 2 N–H and O–H groups in total. The lowest BCUT2D eigenvalue weighted by atomic mass is 9.90. The van der Waals surface area contributed by atoms with Gasteiger partial charge in [0.1, 0.15) is 6.10 Å². The second-order valence-corrected chi connectivity index (χ2v) is 7.64. The van der Waals surface area contributed by atoms with Crippen LogP contribution in [-0.2, 0) is 19.0 Å². The Morgan fingerprint density at radius 2 is 1.96 bits per heavy atom. The van der Waals surface area contributed by atoms with Gasteiger partial charge in [0, 0.05) is 12.5 Å². The summed E-state index contributed by atoms with van der Waals surface area (Å²) in [5.74, 6) is 0.246. The number of rotatable bonds is 8. The monoisotopic (exact) mass is 370 g/mol. The van der Waals surface area contributed by atoms with E-state index < -0.39 is 18.5 Å². The lowest BCUT2D eigenvalue weighted by molar-refractivity contribution is -0.273. The van der Waals surface area contributed by atoms with Crippen LogP contribution in [0.1, 0.15) is 65.2 Å². The van der Waals surface area contributed by atoms with E-state index in [0.29, 0.717) is 25.4 Å². The van der Waals surface area contributed by atoms with Crippen LogP contribution in [0.25, 0.3) is 0 Å². The quantitative estimate of drug-likeness (QED) is 0.505. The van der Waals surface area contributed by atoms with E-state index in [-0.39, 0.29) is 24.6 Å². The number of hydrogen-bond donors (Lipinski definition) is 2. The van der Waals surface area contributed by atoms with Gasteiger partial charge in [-0.3, -0.25) is 0 Å². The number of hydrogen-bond acceptors (Lipinski definition) is 6. The number of esters is 1. The molecule has 6 nitrogen and oxygen atoms in total. The molecule has 0 aromatic rings. The first-order valence-electron chi connectivity index (χ1n) is 9.96. The molecule has 1 heterocycles. The zero-order valence-electron chi connectivity index (χ0n) is 16.0. The minimum atomic E-state index is -0.825. The van der Waals surface area contributed by atoms with Crippen molar-refractivity contribution in [2.45, 2.75) is 95.9 Å². The third kappa shape index (κ3) is 7.35. The normalized spacial score (nSPS) is 31.8. The maximum Gasteiger partial charge on any atom is 0.330 e. The van der Waals surface area contributed by atoms with Crippen LogP contribution < -0.4 is 0 Å². The van der Waals surface area contributed by atoms with Gasteiger partial charge in [0.15, 0.2) is 6.29 Å². The van der Waals surface area contributed by atoms with Crippen LogP contribution in [0.4, 0.5) is 0 Å². The van der Waals surface area contributed by atoms with E-state index in [2.05, 4.69) is 0 Å². The van der Waals surface area contributed by atoms with E-state index >= 15 is 0 Å². The number of aliphatic hydroxyl groups excluding tert-OH is 2. The zero-order valence-corrected chi connectivity index (χ0v) is 16.0. The van der Waals surface area contributed by atoms with Gasteiger partial charge in [-0.2, -0.15) is 0 Å². The highest BCUT2D eigenvalue weighted by atomic mass is 16.7. The number of carbonyl (C=O) groups excluding carboxylic acids is 1. The van der Waals surface area contributed by atoms with Crippen molar-refractivity contribution in [3.05, 3.63) is 12.2 Å². The SMILES string of the molecule is C[C@H](CC/C=C/C(=O)OCC1CCCCC1)O[C@@H]1O[C@@H](C)[C@H](O)C[C@H]1O. The average Bonchev–Trinajstić information content (AvgIpc) is 2.62. The summed E-state index contributed by atoms with van der Waals surface area (Å²) >= 11 is 0. The van der Waals surface area contributed by atoms with Crippen molar-refractivity contribution in [3.63, 3.8) is 0 Å². The molecule has 1 saturated carbocycles. The second-order valence-electron chi connectivity index (χ2n) is 7.64. The minimum Gasteiger partial charge on any atom is -0.462 e. The molecule has 150 valence electrons. The lowest BCUT2D eigenvalue weighted by Crippen LogP contribution is -2.48. The Hall–Kier alpha value is -0.950. The summed E-state index contributed by atoms with van der Waals surface area (Å²) in [5.41, 5.74) is 0. The van der Waals surface area contributed by atoms with E-state index in [0.717, 1.165) is 12.8 Å². The van der Waals surface area contributed by atoms with Gasteiger partial charge in [0.05, 0.1) is 24.9 Å². The van der Waals surface area contributed by atoms with E-state index in [1.807, 2.05) is 6.92 Å². The largest absolute Gasteiger partial charge is 0.462 e. The Labute approximate surface area is 156 Å². The summed E-state index contributed by atoms with van der Waals surface area (Å²) in [6, 6.07) is 0. The Morgan fingerprint density at radius 3 is 2.69 bits per heavy atom. The molecule has 0 aromatic heterocycles. The predicted molar refractivity (Wildman–Crippen MR) is 97.4 cm³/mol. The van der Waals surface area contributed by atoms with Crippen molar-refractivity contribution >= 4 is 5.97 Å². The van der Waals surface area contributed by atoms with Gasteiger partial charge in [0.2, 0.25) is 0 Å². The molecule has 1 saturated heterocycles. The average molecular weight is 370 g/mol. The van der Waals surface area contributed by atoms with Gasteiger partial charge in [-0.15, -0.1) is 0 Å². The fourth-order valence-electron chi connectivity index (χ4n) is 3.48. The standard InChI is InChI=1S/C20H34O6/c1-14(25-20-18(22)12-17(21)15(2)26-20)8-6-7-11-19(23)24-13-16-9-4-3-5-10-16/h7,11,14-18,20-22H,3-6,8-10,12-13H2,1-2H3/b11-7+/t14-,15+,17-,18-,20-/m1/s1. The summed E-state index contributed by atoms with van der Waals surface area (Å²) < 4.78 is 16.5. The second kappa shape index (κ2) is 11.0. The van der Waals surface area contributed by atoms with E-state index in [9.17, 15) is 15.0 Å². The third-order valence-electron chi connectivity index (χ3n) is 5.23. The first-order chi connectivity index (χ1) is 12.5. The first-order valence-corrected chi connectivity index (χ1v) is 9.96. The summed E-state index contributed by atoms with van der Waals surface area (Å²) in [6.07, 6.45) is 8.36. The van der Waals surface area contributed by atoms with Crippen LogP contribution in [0.5, 0.6) is 0 Å². The molecule has 0 unspecified atom stereocenters. The summed E-state index contributed by atoms with van der Waals surface area (Å²) in [5, 5.41) is 19.6. The first kappa shape index (κ1) is 21.4. The molecule has 0 aromatic carbocycles. The Bertz CT molecular complexity index is 446. The Kier molecular flexibility index (Phi) is 9.05. The van der Waals surface area contributed by atoms with E-state index in [1.54, 1.807) is 13.0 Å². The molecular formula is C20H34O6. The Morgan fingerprint density at radius 1 is 1.23 bits per heavy atom. The van der Waals surface area contributed by atoms with E-state index in [1.165, 1.54) is 25.3 Å². The topological polar surface area (TPSA) is 85.2 Å². The highest BCUT2D eigenvalue weighted by Gasteiger charge is 2.35. The molecule has 2 rings (SSSR count). The molecule has 0 spiro atoms. The third-order valence-corrected chi connectivity index (χ3v) is 5.23. The van der Waals surface area contributed by atoms with Crippen molar-refractivity contribution in [1.82, 2.24) is 0 Å². The minimum absolute atomic E-state index is 0.125. The molecule has 1 aliphatic heterocycles. The van der Waals surface area contributed by atoms with Gasteiger partial charge < -0.3 is 24.4 Å². The maximum atomic E-state index is 11.7. The number of allylic oxidation sites excluding steroid dienone is 1. The van der Waals surface area contributed by atoms with Crippen LogP contribution in [0.15, 0.2) is 12.2 Å². The Balaban J connectivity index is 1.59. The summed E-state index contributed by atoms with van der Waals surface area (Å²) in [7, 11) is 0. The fraction of sp³-hybridized carbons (Fsp3) is 0.850. The summed E-state index contributed by atoms with van der Waals surface area (Å²) in [6.45, 7) is 4.20. The van der Waals surface area contributed by atoms with Gasteiger partial charge in [-0.1, -0.05) is 25.3 Å². The molecule has 2 fully saturated rings. The molecule has 5 atom stereocenters. The molecule has 0 bridgehead atoms. The highest BCUT2D eigenvalue weighted by Crippen LogP contribution is 2.24. The van der Waals surface area contributed by atoms with Crippen LogP contribution in [0.3, 0.4) is 0 Å². The fourth-order valence-corrected chi connectivity index (χ4v) is 3.48. The van der Waals surface area contributed by atoms with Crippen LogP contribution in [0, 0.1) is 5.92 Å². The van der Waals surface area contributed by atoms with Crippen molar-refractivity contribution < 1.29 is 29.2 Å². The van der Waals surface area contributed by atoms with Gasteiger partial charge >= 0.3 is 5.97 Å². The zero-order chi connectivity index (χ0) is 18.9. The van der Waals surface area contributed by atoms with Crippen molar-refractivity contribution in [2.24, 2.45) is 5.92 Å². The summed E-state index contributed by atoms with van der Waals surface area (Å²) in [4.78, 5) is 11.7. The molecule has 2 aliphatic rings. The van der Waals surface area contributed by atoms with Crippen LogP contribution in [0.2, 0.25) is 0 Å². The van der Waals surface area contributed by atoms with Crippen molar-refractivity contribution in [3.8, 4) is 0 Å². The smallest absolute Gasteiger partial charge is 0.330 e. The van der Waals surface area contributed by atoms with Crippen LogP contribution in [-0.4, -0.2) is 53.5 Å². The van der Waals surface area contributed by atoms with Gasteiger partial charge in [-0.25, -0.2) is 4.79 Å².